The van der Waals surface area contributed by atoms with E-state index in [9.17, 15) is 27.3 Å². The van der Waals surface area contributed by atoms with Crippen molar-refractivity contribution < 1.29 is 26.3 Å². The lowest BCUT2D eigenvalue weighted by Crippen LogP contribution is -2.40. The highest BCUT2D eigenvalue weighted by Gasteiger charge is 2.24. The number of hydrogen-bond donors (Lipinski definition) is 2. The largest absolute Gasteiger partial charge is 0.750 e. The van der Waals surface area contributed by atoms with Gasteiger partial charge in [-0.05, 0) is 25.0 Å². The molecule has 1 aromatic rings. The van der Waals surface area contributed by atoms with E-state index in [0.29, 0.717) is 25.9 Å². The minimum absolute atomic E-state index is 0.0357. The summed E-state index contributed by atoms with van der Waals surface area (Å²) < 4.78 is 47.9. The van der Waals surface area contributed by atoms with Crippen LogP contribution in [0.2, 0.25) is 0 Å². The van der Waals surface area contributed by atoms with Crippen molar-refractivity contribution >= 4 is 32.8 Å². The van der Waals surface area contributed by atoms with Gasteiger partial charge in [-0.25, -0.2) is 17.8 Å². The maximum Gasteiger partial charge on any atom is 0.293 e. The lowest BCUT2D eigenvalue weighted by atomic mass is 10.0. The van der Waals surface area contributed by atoms with Gasteiger partial charge in [0, 0.05) is 25.2 Å². The topological polar surface area (TPSA) is 168 Å². The first-order valence-corrected chi connectivity index (χ1v) is 9.74. The Labute approximate surface area is 146 Å². The third kappa shape index (κ3) is 5.69. The van der Waals surface area contributed by atoms with Crippen molar-refractivity contribution in [1.82, 2.24) is 4.90 Å². The summed E-state index contributed by atoms with van der Waals surface area (Å²) in [5.41, 5.74) is -0.174. The molecule has 0 aromatic heterocycles. The smallest absolute Gasteiger partial charge is 0.293 e. The molecule has 0 bridgehead atoms. The molecule has 1 atom stereocenters. The standard InChI is InChI=1S/C12H18N4O7S2/c13-25(21,22)10-1-2-11(12(7-10)16(17)18)14-9-3-5-15(6-4-9)8-23-24(19)20/h1-2,7,9,14H,3-6,8H2,(H,19,20)(H2,13,21,22)/p-1. The van der Waals surface area contributed by atoms with Gasteiger partial charge in [-0.3, -0.25) is 19.2 Å². The van der Waals surface area contributed by atoms with E-state index in [-0.39, 0.29) is 29.0 Å². The lowest BCUT2D eigenvalue weighted by molar-refractivity contribution is -0.384. The zero-order chi connectivity index (χ0) is 18.6. The molecule has 3 N–H and O–H groups in total. The van der Waals surface area contributed by atoms with Gasteiger partial charge in [-0.1, -0.05) is 0 Å². The van der Waals surface area contributed by atoms with Gasteiger partial charge in [0.15, 0.2) is 0 Å². The number of likely N-dealkylation sites (tertiary alicyclic amines) is 1. The molecule has 1 fully saturated rings. The van der Waals surface area contributed by atoms with Crippen molar-refractivity contribution in [1.29, 1.82) is 0 Å². The molecule has 0 saturated carbocycles. The fourth-order valence-electron chi connectivity index (χ4n) is 2.51. The second-order valence-corrected chi connectivity index (χ2v) is 7.67. The van der Waals surface area contributed by atoms with Crippen molar-refractivity contribution in [2.24, 2.45) is 5.14 Å². The molecular formula is C12H17N4O7S2-. The molecule has 1 unspecified atom stereocenters. The van der Waals surface area contributed by atoms with E-state index in [4.69, 9.17) is 5.14 Å². The third-order valence-electron chi connectivity index (χ3n) is 3.77. The van der Waals surface area contributed by atoms with E-state index in [0.717, 1.165) is 6.07 Å². The van der Waals surface area contributed by atoms with Crippen LogP contribution in [0.15, 0.2) is 23.1 Å². The SMILES string of the molecule is NS(=O)(=O)c1ccc(NC2CCN(COS(=O)[O-])CC2)c([N+](=O)[O-])c1. The molecule has 140 valence electrons. The van der Waals surface area contributed by atoms with E-state index < -0.39 is 26.3 Å². The minimum atomic E-state index is -4.03. The average molecular weight is 393 g/mol. The van der Waals surface area contributed by atoms with Gasteiger partial charge in [0.2, 0.25) is 10.0 Å². The Morgan fingerprint density at radius 3 is 2.56 bits per heavy atom. The summed E-state index contributed by atoms with van der Waals surface area (Å²) in [5, 5.41) is 19.2. The van der Waals surface area contributed by atoms with Crippen LogP contribution in [-0.4, -0.2) is 52.9 Å². The van der Waals surface area contributed by atoms with Crippen molar-refractivity contribution in [3.05, 3.63) is 28.3 Å². The summed E-state index contributed by atoms with van der Waals surface area (Å²) in [6.07, 6.45) is 1.23. The van der Waals surface area contributed by atoms with Crippen LogP contribution in [0.5, 0.6) is 0 Å². The fourth-order valence-corrected chi connectivity index (χ4v) is 3.27. The molecule has 1 aliphatic heterocycles. The van der Waals surface area contributed by atoms with Crippen molar-refractivity contribution in [3.63, 3.8) is 0 Å². The highest BCUT2D eigenvalue weighted by molar-refractivity contribution is 7.89. The number of sulfonamides is 1. The van der Waals surface area contributed by atoms with Crippen LogP contribution in [0.1, 0.15) is 12.8 Å². The van der Waals surface area contributed by atoms with Crippen molar-refractivity contribution in [2.75, 3.05) is 25.1 Å². The van der Waals surface area contributed by atoms with Crippen LogP contribution in [0.4, 0.5) is 11.4 Å². The molecule has 11 nitrogen and oxygen atoms in total. The molecule has 0 aliphatic carbocycles. The van der Waals surface area contributed by atoms with E-state index >= 15 is 0 Å². The Kier molecular flexibility index (Phi) is 6.42. The quantitative estimate of drug-likeness (QED) is 0.364. The molecule has 1 aromatic carbocycles. The summed E-state index contributed by atoms with van der Waals surface area (Å²) in [5.74, 6) is 0. The van der Waals surface area contributed by atoms with Crippen molar-refractivity contribution in [3.8, 4) is 0 Å². The van der Waals surface area contributed by atoms with Crippen LogP contribution < -0.4 is 10.5 Å². The van der Waals surface area contributed by atoms with Gasteiger partial charge in [0.25, 0.3) is 5.69 Å². The van der Waals surface area contributed by atoms with E-state index in [2.05, 4.69) is 9.50 Å². The van der Waals surface area contributed by atoms with Crippen LogP contribution >= 0.6 is 0 Å². The van der Waals surface area contributed by atoms with Gasteiger partial charge < -0.3 is 9.87 Å². The molecule has 25 heavy (non-hydrogen) atoms. The Morgan fingerprint density at radius 2 is 2.04 bits per heavy atom. The first-order valence-electron chi connectivity index (χ1n) is 7.19. The Morgan fingerprint density at radius 1 is 1.40 bits per heavy atom. The first kappa shape index (κ1) is 19.7. The number of primary sulfonamides is 1. The zero-order valence-electron chi connectivity index (χ0n) is 13.0. The predicted octanol–water partition coefficient (Wildman–Crippen LogP) is -0.113. The highest BCUT2D eigenvalue weighted by Crippen LogP contribution is 2.29. The Balaban J connectivity index is 2.04. The predicted molar refractivity (Wildman–Crippen MR) is 87.6 cm³/mol. The number of piperidine rings is 1. The van der Waals surface area contributed by atoms with Crippen LogP contribution in [0, 0.1) is 10.1 Å². The molecule has 1 saturated heterocycles. The molecule has 0 radical (unpaired) electrons. The van der Waals surface area contributed by atoms with Gasteiger partial charge in [0.1, 0.15) is 12.4 Å². The summed E-state index contributed by atoms with van der Waals surface area (Å²) in [6.45, 7) is 1.07. The zero-order valence-corrected chi connectivity index (χ0v) is 14.6. The van der Waals surface area contributed by atoms with Gasteiger partial charge in [-0.15, -0.1) is 0 Å². The summed E-state index contributed by atoms with van der Waals surface area (Å²) in [6, 6.07) is 3.36. The van der Waals surface area contributed by atoms with Gasteiger partial charge >= 0.3 is 0 Å². The summed E-state index contributed by atoms with van der Waals surface area (Å²) in [7, 11) is -4.03. The molecule has 1 heterocycles. The molecule has 1 aliphatic rings. The number of benzene rings is 1. The normalized spacial score (nSPS) is 18.0. The van der Waals surface area contributed by atoms with Crippen LogP contribution in [0.3, 0.4) is 0 Å². The number of rotatable bonds is 7. The molecule has 0 amide bonds. The second kappa shape index (κ2) is 8.16. The van der Waals surface area contributed by atoms with E-state index in [1.165, 1.54) is 12.1 Å². The van der Waals surface area contributed by atoms with E-state index in [1.54, 1.807) is 4.90 Å². The minimum Gasteiger partial charge on any atom is -0.750 e. The van der Waals surface area contributed by atoms with Crippen LogP contribution in [0.25, 0.3) is 0 Å². The van der Waals surface area contributed by atoms with Crippen molar-refractivity contribution in [2.45, 2.75) is 23.8 Å². The fraction of sp³-hybridized carbons (Fsp3) is 0.500. The first-order chi connectivity index (χ1) is 11.7. The molecular weight excluding hydrogens is 376 g/mol. The number of hydrogen-bond acceptors (Lipinski definition) is 9. The summed E-state index contributed by atoms with van der Waals surface area (Å²) in [4.78, 5) is 12.0. The maximum absolute atomic E-state index is 11.3. The number of anilines is 1. The number of nitrogens with zero attached hydrogens (tertiary/aromatic N) is 2. The molecule has 0 spiro atoms. The third-order valence-corrected chi connectivity index (χ3v) is 4.98. The van der Waals surface area contributed by atoms with Crippen LogP contribution in [-0.2, 0) is 25.6 Å². The maximum atomic E-state index is 11.3. The van der Waals surface area contributed by atoms with Gasteiger partial charge in [0.05, 0.1) is 21.2 Å². The Hall–Kier alpha value is -1.64. The number of nitrogens with two attached hydrogens (primary N) is 1. The number of nitro groups is 1. The highest BCUT2D eigenvalue weighted by atomic mass is 32.2. The van der Waals surface area contributed by atoms with Gasteiger partial charge in [-0.2, -0.15) is 0 Å². The monoisotopic (exact) mass is 393 g/mol. The van der Waals surface area contributed by atoms with E-state index in [1.807, 2.05) is 0 Å². The Bertz CT molecular complexity index is 763. The number of nitrogens with one attached hydrogen (secondary N) is 1. The summed E-state index contributed by atoms with van der Waals surface area (Å²) >= 11 is -2.57. The lowest BCUT2D eigenvalue weighted by Gasteiger charge is -2.32. The molecule has 2 rings (SSSR count). The second-order valence-electron chi connectivity index (χ2n) is 5.47. The average Bonchev–Trinajstić information content (AvgIpc) is 2.53. The molecule has 13 heteroatoms. The number of nitro benzene ring substituents is 1.